The van der Waals surface area contributed by atoms with Gasteiger partial charge in [-0.3, -0.25) is 0 Å². The molecule has 4 aliphatic carbocycles. The second-order valence-corrected chi connectivity index (χ2v) is 13.1. The largest absolute Gasteiger partial charge is 0.393 e. The molecule has 0 radical (unpaired) electrons. The highest BCUT2D eigenvalue weighted by Gasteiger charge is 2.60. The number of rotatable bonds is 5. The predicted molar refractivity (Wildman–Crippen MR) is 124 cm³/mol. The van der Waals surface area contributed by atoms with Gasteiger partial charge >= 0.3 is 0 Å². The molecule has 0 saturated heterocycles. The maximum absolute atomic E-state index is 10.3. The summed E-state index contributed by atoms with van der Waals surface area (Å²) in [4.78, 5) is 0. The molecule has 1 nitrogen and oxygen atoms in total. The van der Waals surface area contributed by atoms with Crippen LogP contribution in [0.25, 0.3) is 0 Å². The average molecular weight is 403 g/mol. The zero-order valence-corrected chi connectivity index (χ0v) is 20.4. The third kappa shape index (κ3) is 3.74. The molecule has 1 N–H and O–H groups in total. The number of hydrogen-bond donors (Lipinski definition) is 1. The normalized spacial score (nSPS) is 49.2. The van der Waals surface area contributed by atoms with E-state index in [1.165, 1.54) is 57.8 Å². The van der Waals surface area contributed by atoms with E-state index < -0.39 is 0 Å². The smallest absolute Gasteiger partial charge is 0.0543 e. The zero-order chi connectivity index (χ0) is 21.0. The SMILES string of the molecule is CC(C)[C@@H](C)CC[C@@H](C)[C@H]1CC[C@H]2[C@@H]3CC[C@H]4C[C@@H](O)CC[C@@]4(C)[C@H]3CC[C@@]12C. The molecule has 4 aliphatic rings. The van der Waals surface area contributed by atoms with Gasteiger partial charge in [-0.25, -0.2) is 0 Å². The third-order valence-corrected chi connectivity index (χ3v) is 11.6. The first-order valence-electron chi connectivity index (χ1n) is 13.3. The van der Waals surface area contributed by atoms with E-state index in [2.05, 4.69) is 41.5 Å². The van der Waals surface area contributed by atoms with E-state index >= 15 is 0 Å². The van der Waals surface area contributed by atoms with Crippen LogP contribution in [0.5, 0.6) is 0 Å². The van der Waals surface area contributed by atoms with Crippen LogP contribution in [0.2, 0.25) is 0 Å². The highest BCUT2D eigenvalue weighted by Crippen LogP contribution is 2.68. The van der Waals surface area contributed by atoms with Gasteiger partial charge in [-0.2, -0.15) is 0 Å². The van der Waals surface area contributed by atoms with Crippen LogP contribution < -0.4 is 0 Å². The lowest BCUT2D eigenvalue weighted by atomic mass is 9.44. The van der Waals surface area contributed by atoms with Crippen molar-refractivity contribution in [3.8, 4) is 0 Å². The number of aliphatic hydroxyl groups is 1. The van der Waals surface area contributed by atoms with Crippen LogP contribution in [-0.2, 0) is 0 Å². The Bertz CT molecular complexity index is 569. The fourth-order valence-corrected chi connectivity index (χ4v) is 9.27. The number of fused-ring (bicyclic) bond motifs is 5. The Balaban J connectivity index is 1.46. The summed E-state index contributed by atoms with van der Waals surface area (Å²) in [5.74, 6) is 7.28. The predicted octanol–water partition coefficient (Wildman–Crippen LogP) is 7.71. The molecule has 0 aromatic rings. The summed E-state index contributed by atoms with van der Waals surface area (Å²) < 4.78 is 0. The van der Waals surface area contributed by atoms with Gasteiger partial charge in [-0.1, -0.05) is 54.4 Å². The molecule has 0 spiro atoms. The van der Waals surface area contributed by atoms with Crippen molar-refractivity contribution in [2.24, 2.45) is 58.2 Å². The third-order valence-electron chi connectivity index (χ3n) is 11.6. The molecule has 29 heavy (non-hydrogen) atoms. The summed E-state index contributed by atoms with van der Waals surface area (Å²) in [5, 5.41) is 10.3. The molecular weight excluding hydrogens is 352 g/mol. The Labute approximate surface area is 181 Å². The van der Waals surface area contributed by atoms with Gasteiger partial charge in [0.25, 0.3) is 0 Å². The molecular formula is C28H50O. The molecule has 4 fully saturated rings. The molecule has 4 saturated carbocycles. The van der Waals surface area contributed by atoms with Gasteiger partial charge in [0, 0.05) is 0 Å². The summed E-state index contributed by atoms with van der Waals surface area (Å²) in [6, 6.07) is 0. The minimum atomic E-state index is -0.0107. The van der Waals surface area contributed by atoms with Crippen LogP contribution in [0.15, 0.2) is 0 Å². The van der Waals surface area contributed by atoms with Gasteiger partial charge in [0.1, 0.15) is 0 Å². The van der Waals surface area contributed by atoms with Crippen molar-refractivity contribution >= 4 is 0 Å². The van der Waals surface area contributed by atoms with Crippen molar-refractivity contribution in [2.75, 3.05) is 0 Å². The Morgan fingerprint density at radius 1 is 0.793 bits per heavy atom. The second kappa shape index (κ2) is 8.14. The minimum absolute atomic E-state index is 0.0107. The minimum Gasteiger partial charge on any atom is -0.393 e. The van der Waals surface area contributed by atoms with Crippen LogP contribution in [0.1, 0.15) is 112 Å². The maximum atomic E-state index is 10.3. The van der Waals surface area contributed by atoms with E-state index in [0.717, 1.165) is 60.2 Å². The van der Waals surface area contributed by atoms with Gasteiger partial charge in [0.15, 0.2) is 0 Å². The van der Waals surface area contributed by atoms with Crippen LogP contribution >= 0.6 is 0 Å². The summed E-state index contributed by atoms with van der Waals surface area (Å²) in [6.45, 7) is 15.2. The zero-order valence-electron chi connectivity index (χ0n) is 20.4. The van der Waals surface area contributed by atoms with Crippen LogP contribution in [-0.4, -0.2) is 11.2 Å². The summed E-state index contributed by atoms with van der Waals surface area (Å²) in [5.41, 5.74) is 1.14. The summed E-state index contributed by atoms with van der Waals surface area (Å²) >= 11 is 0. The van der Waals surface area contributed by atoms with Crippen molar-refractivity contribution in [3.63, 3.8) is 0 Å². The summed E-state index contributed by atoms with van der Waals surface area (Å²) in [6.07, 6.45) is 15.1. The monoisotopic (exact) mass is 402 g/mol. The lowest BCUT2D eigenvalue weighted by Crippen LogP contribution is -2.54. The van der Waals surface area contributed by atoms with E-state index in [-0.39, 0.29) is 6.10 Å². The lowest BCUT2D eigenvalue weighted by Gasteiger charge is -2.61. The second-order valence-electron chi connectivity index (χ2n) is 13.1. The average Bonchev–Trinajstić information content (AvgIpc) is 3.03. The first-order valence-corrected chi connectivity index (χ1v) is 13.3. The molecule has 4 rings (SSSR count). The van der Waals surface area contributed by atoms with Crippen molar-refractivity contribution in [1.82, 2.24) is 0 Å². The first-order chi connectivity index (χ1) is 13.7. The highest BCUT2D eigenvalue weighted by atomic mass is 16.3. The molecule has 0 unspecified atom stereocenters. The first kappa shape index (κ1) is 22.2. The molecule has 0 bridgehead atoms. The maximum Gasteiger partial charge on any atom is 0.0543 e. The van der Waals surface area contributed by atoms with E-state index in [9.17, 15) is 5.11 Å². The van der Waals surface area contributed by atoms with Gasteiger partial charge in [0.05, 0.1) is 6.10 Å². The Kier molecular flexibility index (Phi) is 6.22. The van der Waals surface area contributed by atoms with E-state index in [1.54, 1.807) is 0 Å². The fraction of sp³-hybridized carbons (Fsp3) is 1.00. The summed E-state index contributed by atoms with van der Waals surface area (Å²) in [7, 11) is 0. The fourth-order valence-electron chi connectivity index (χ4n) is 9.27. The van der Waals surface area contributed by atoms with Crippen LogP contribution in [0.4, 0.5) is 0 Å². The van der Waals surface area contributed by atoms with E-state index in [1.807, 2.05) is 0 Å². The Morgan fingerprint density at radius 2 is 1.48 bits per heavy atom. The quantitative estimate of drug-likeness (QED) is 0.499. The molecule has 0 aliphatic heterocycles. The van der Waals surface area contributed by atoms with Gasteiger partial charge in [-0.05, 0) is 116 Å². The van der Waals surface area contributed by atoms with Gasteiger partial charge in [0.2, 0.25) is 0 Å². The standard InChI is InChI=1S/C28H50O/c1-18(2)19(3)7-8-20(4)24-11-12-25-23-10-9-21-17-22(29)13-15-27(21,5)26(23)14-16-28(24,25)6/h18-26,29H,7-17H2,1-6H3/t19-,20+,21-,22-,23-,24+,25-,26-,27+,28-/m0/s1. The van der Waals surface area contributed by atoms with E-state index in [4.69, 9.17) is 0 Å². The molecule has 168 valence electrons. The molecule has 1 heteroatoms. The molecule has 0 aromatic heterocycles. The molecule has 10 atom stereocenters. The Hall–Kier alpha value is -0.0400. The van der Waals surface area contributed by atoms with Crippen molar-refractivity contribution in [1.29, 1.82) is 0 Å². The Morgan fingerprint density at radius 3 is 2.21 bits per heavy atom. The van der Waals surface area contributed by atoms with Crippen LogP contribution in [0.3, 0.4) is 0 Å². The molecule has 0 amide bonds. The molecule has 0 aromatic carbocycles. The van der Waals surface area contributed by atoms with Crippen molar-refractivity contribution in [3.05, 3.63) is 0 Å². The topological polar surface area (TPSA) is 20.2 Å². The number of aliphatic hydroxyl groups excluding tert-OH is 1. The van der Waals surface area contributed by atoms with Crippen LogP contribution in [0, 0.1) is 58.2 Å². The van der Waals surface area contributed by atoms with Gasteiger partial charge < -0.3 is 5.11 Å². The number of hydrogen-bond acceptors (Lipinski definition) is 1. The molecule has 0 heterocycles. The van der Waals surface area contributed by atoms with Gasteiger partial charge in [-0.15, -0.1) is 0 Å². The lowest BCUT2D eigenvalue weighted by molar-refractivity contribution is -0.129. The van der Waals surface area contributed by atoms with E-state index in [0.29, 0.717) is 10.8 Å². The van der Waals surface area contributed by atoms with Crippen molar-refractivity contribution in [2.45, 2.75) is 118 Å². The van der Waals surface area contributed by atoms with Crippen molar-refractivity contribution < 1.29 is 5.11 Å². The highest BCUT2D eigenvalue weighted by molar-refractivity contribution is 5.09.